The van der Waals surface area contributed by atoms with Gasteiger partial charge in [0.2, 0.25) is 0 Å². The van der Waals surface area contributed by atoms with Crippen molar-refractivity contribution in [3.05, 3.63) is 0 Å². The zero-order valence-electron chi connectivity index (χ0n) is 3.77. The van der Waals surface area contributed by atoms with E-state index in [1.54, 1.807) is 0 Å². The van der Waals surface area contributed by atoms with Gasteiger partial charge in [-0.1, -0.05) is 0 Å². The van der Waals surface area contributed by atoms with E-state index in [1.807, 2.05) is 6.92 Å². The molecule has 0 saturated heterocycles. The molecule has 0 spiro atoms. The Bertz CT molecular complexity index is 104. The van der Waals surface area contributed by atoms with Crippen LogP contribution in [-0.4, -0.2) is 29.6 Å². The fourth-order valence-electron chi connectivity index (χ4n) is 0.157. The average molecular weight is 126 g/mol. The van der Waals surface area contributed by atoms with Crippen molar-refractivity contribution in [1.82, 2.24) is 0 Å². The van der Waals surface area contributed by atoms with Crippen LogP contribution in [0.1, 0.15) is 19.8 Å². The normalized spacial score (nSPS) is 5.86. The molecule has 0 bridgehead atoms. The van der Waals surface area contributed by atoms with Crippen molar-refractivity contribution in [2.24, 2.45) is 0 Å². The molecule has 36 valence electrons. The summed E-state index contributed by atoms with van der Waals surface area (Å²) in [7, 11) is 0.0454. The van der Waals surface area contributed by atoms with E-state index in [0.29, 0.717) is 0 Å². The van der Waals surface area contributed by atoms with Gasteiger partial charge in [0, 0.05) is 0 Å². The fourth-order valence-corrected chi connectivity index (χ4v) is 0.472. The molecule has 0 saturated carbocycles. The fraction of sp³-hybridized carbons (Fsp3) is 0.750. The molecule has 0 atom stereocenters. The van der Waals surface area contributed by atoms with E-state index in [-0.39, 0.29) is 37.5 Å². The molecule has 0 aliphatic carbocycles. The number of hydrogen-bond donors (Lipinski definition) is 0. The van der Waals surface area contributed by atoms with Crippen LogP contribution in [0, 0.1) is 5.63 Å². The van der Waals surface area contributed by atoms with E-state index in [4.69, 9.17) is 0 Å². The van der Waals surface area contributed by atoms with Gasteiger partial charge in [0.05, 0.1) is 0 Å². The predicted molar refractivity (Wildman–Crippen MR) is 33.6 cm³/mol. The van der Waals surface area contributed by atoms with Gasteiger partial charge in [-0.25, -0.2) is 0 Å². The van der Waals surface area contributed by atoms with Crippen molar-refractivity contribution >= 4 is 37.5 Å². The van der Waals surface area contributed by atoms with Crippen molar-refractivity contribution in [3.63, 3.8) is 0 Å². The van der Waals surface area contributed by atoms with Gasteiger partial charge in [-0.15, -0.1) is 0 Å². The molecule has 0 amide bonds. The summed E-state index contributed by atoms with van der Waals surface area (Å²) in [6.45, 7) is 2.03. The first kappa shape index (κ1) is 10.9. The quantitative estimate of drug-likeness (QED) is 0.383. The third kappa shape index (κ3) is 10.9. The standard InChI is InChI=1S/C4H7OP.Na.H/c1-2-3-4-6-5;;/h2-3H2,1H3;;. The zero-order chi connectivity index (χ0) is 4.83. The summed E-state index contributed by atoms with van der Waals surface area (Å²) >= 11 is 0. The van der Waals surface area contributed by atoms with E-state index in [1.165, 1.54) is 0 Å². The first-order valence-electron chi connectivity index (χ1n) is 1.97. The molecule has 0 radical (unpaired) electrons. The Kier molecular flexibility index (Phi) is 15.7. The molecule has 0 aromatic carbocycles. The van der Waals surface area contributed by atoms with Crippen molar-refractivity contribution in [2.45, 2.75) is 19.8 Å². The van der Waals surface area contributed by atoms with Crippen LogP contribution in [0.2, 0.25) is 0 Å². The molecule has 0 aliphatic rings. The van der Waals surface area contributed by atoms with Gasteiger partial charge < -0.3 is 0 Å². The van der Waals surface area contributed by atoms with Gasteiger partial charge in [0.15, 0.2) is 0 Å². The van der Waals surface area contributed by atoms with Gasteiger partial charge in [-0.2, -0.15) is 0 Å². The van der Waals surface area contributed by atoms with Gasteiger partial charge in [-0.05, 0) is 0 Å². The summed E-state index contributed by atoms with van der Waals surface area (Å²) in [6.07, 6.45) is 1.88. The van der Waals surface area contributed by atoms with Crippen LogP contribution in [0.25, 0.3) is 0 Å². The summed E-state index contributed by atoms with van der Waals surface area (Å²) in [5, 5.41) is 0. The van der Waals surface area contributed by atoms with E-state index < -0.39 is 0 Å². The second-order valence-corrected chi connectivity index (χ2v) is 1.50. The van der Waals surface area contributed by atoms with E-state index in [2.05, 4.69) is 5.63 Å². The van der Waals surface area contributed by atoms with E-state index in [0.717, 1.165) is 12.8 Å². The third-order valence-electron chi connectivity index (χ3n) is 0.426. The maximum absolute atomic E-state index is 9.55. The Hall–Kier alpha value is 1.01. The monoisotopic (exact) mass is 126 g/mol. The first-order valence-corrected chi connectivity index (χ1v) is 2.78. The van der Waals surface area contributed by atoms with Crippen molar-refractivity contribution in [2.75, 3.05) is 0 Å². The minimum atomic E-state index is 0. The molecule has 7 heavy (non-hydrogen) atoms. The Balaban J connectivity index is 0. The van der Waals surface area contributed by atoms with Crippen LogP contribution in [-0.2, 0) is 4.57 Å². The van der Waals surface area contributed by atoms with Crippen molar-refractivity contribution < 1.29 is 4.57 Å². The molecular formula is C4H8NaOP. The van der Waals surface area contributed by atoms with Gasteiger partial charge in [-0.3, -0.25) is 0 Å². The van der Waals surface area contributed by atoms with Gasteiger partial charge in [0.1, 0.15) is 0 Å². The topological polar surface area (TPSA) is 17.1 Å². The molecule has 0 rings (SSSR count). The molecule has 0 unspecified atom stereocenters. The summed E-state index contributed by atoms with van der Waals surface area (Å²) in [6, 6.07) is 0. The van der Waals surface area contributed by atoms with Crippen molar-refractivity contribution in [3.8, 4) is 5.63 Å². The van der Waals surface area contributed by atoms with Gasteiger partial charge >= 0.3 is 67.4 Å². The number of unbranched alkanes of at least 4 members (excludes halogenated alkanes) is 1. The number of rotatable bonds is 1. The SMILES string of the molecule is CCCC#P=O.[NaH]. The molecule has 0 heterocycles. The van der Waals surface area contributed by atoms with E-state index >= 15 is 0 Å². The Morgan fingerprint density at radius 1 is 1.71 bits per heavy atom. The van der Waals surface area contributed by atoms with Crippen LogP contribution in [0.3, 0.4) is 0 Å². The summed E-state index contributed by atoms with van der Waals surface area (Å²) < 4.78 is 9.55. The molecule has 3 heteroatoms. The molecule has 0 aromatic rings. The second kappa shape index (κ2) is 10.1. The van der Waals surface area contributed by atoms with Crippen LogP contribution in [0.15, 0.2) is 0 Å². The molecule has 0 N–H and O–H groups in total. The summed E-state index contributed by atoms with van der Waals surface area (Å²) in [5.41, 5.74) is 2.61. The average Bonchev–Trinajstić information content (AvgIpc) is 1.61. The van der Waals surface area contributed by atoms with Crippen molar-refractivity contribution in [1.29, 1.82) is 0 Å². The van der Waals surface area contributed by atoms with Gasteiger partial charge in [0.25, 0.3) is 0 Å². The molecule has 1 nitrogen and oxygen atoms in total. The van der Waals surface area contributed by atoms with Crippen LogP contribution in [0.4, 0.5) is 0 Å². The molecule has 0 aromatic heterocycles. The second-order valence-electron chi connectivity index (χ2n) is 0.999. The zero-order valence-corrected chi connectivity index (χ0v) is 4.66. The van der Waals surface area contributed by atoms with E-state index in [9.17, 15) is 4.57 Å². The Labute approximate surface area is 67.3 Å². The molecule has 0 fully saturated rings. The van der Waals surface area contributed by atoms with Crippen LogP contribution < -0.4 is 0 Å². The van der Waals surface area contributed by atoms with Crippen LogP contribution in [0.5, 0.6) is 0 Å². The van der Waals surface area contributed by atoms with Crippen LogP contribution >= 0.6 is 7.92 Å². The molecule has 0 aliphatic heterocycles. The summed E-state index contributed by atoms with van der Waals surface area (Å²) in [5.74, 6) is 0. The maximum atomic E-state index is 9.55. The predicted octanol–water partition coefficient (Wildman–Crippen LogP) is 1.39. The molecular weight excluding hydrogens is 118 g/mol. The summed E-state index contributed by atoms with van der Waals surface area (Å²) in [4.78, 5) is 0. The minimum absolute atomic E-state index is 0. The Morgan fingerprint density at radius 3 is 2.43 bits per heavy atom. The number of hydrogen-bond acceptors (Lipinski definition) is 1. The third-order valence-corrected chi connectivity index (χ3v) is 0.779. The Morgan fingerprint density at radius 2 is 2.29 bits per heavy atom. The first-order chi connectivity index (χ1) is 2.91.